The molecule has 2 aliphatic rings. The molecule has 2 heterocycles. The van der Waals surface area contributed by atoms with Gasteiger partial charge in [-0.05, 0) is 49.8 Å². The second kappa shape index (κ2) is 7.96. The summed E-state index contributed by atoms with van der Waals surface area (Å²) >= 11 is 0. The number of halogens is 3. The SMILES string of the molecule is CN(C)c1ccc(NC(=O)N2CCC(C3CCCO3)CC2)c(C(F)(F)F)c1. The number of anilines is 2. The summed E-state index contributed by atoms with van der Waals surface area (Å²) in [5, 5.41) is 2.45. The van der Waals surface area contributed by atoms with Crippen molar-refractivity contribution < 1.29 is 22.7 Å². The molecule has 8 heteroatoms. The van der Waals surface area contributed by atoms with Crippen LogP contribution in [0.4, 0.5) is 29.3 Å². The van der Waals surface area contributed by atoms with Crippen molar-refractivity contribution in [2.75, 3.05) is 44.0 Å². The highest BCUT2D eigenvalue weighted by Gasteiger charge is 2.35. The van der Waals surface area contributed by atoms with Gasteiger partial charge >= 0.3 is 12.2 Å². The summed E-state index contributed by atoms with van der Waals surface area (Å²) in [5.41, 5.74) is -0.617. The van der Waals surface area contributed by atoms with Gasteiger partial charge in [0.15, 0.2) is 0 Å². The first kappa shape index (κ1) is 19.8. The maximum absolute atomic E-state index is 13.4. The predicted molar refractivity (Wildman–Crippen MR) is 98.1 cm³/mol. The number of hydrogen-bond donors (Lipinski definition) is 1. The van der Waals surface area contributed by atoms with Crippen LogP contribution in [0.25, 0.3) is 0 Å². The number of amides is 2. The Kier molecular flexibility index (Phi) is 5.83. The van der Waals surface area contributed by atoms with E-state index in [1.54, 1.807) is 30.0 Å². The molecule has 0 aliphatic carbocycles. The van der Waals surface area contributed by atoms with Gasteiger partial charge in [0, 0.05) is 39.5 Å². The highest BCUT2D eigenvalue weighted by Crippen LogP contribution is 2.37. The highest BCUT2D eigenvalue weighted by molar-refractivity contribution is 5.90. The fraction of sp³-hybridized carbons (Fsp3) is 0.632. The van der Waals surface area contributed by atoms with Crippen molar-refractivity contribution >= 4 is 17.4 Å². The number of nitrogens with one attached hydrogen (secondary N) is 1. The minimum atomic E-state index is -4.54. The Balaban J connectivity index is 1.65. The van der Waals surface area contributed by atoms with Crippen LogP contribution in [0.2, 0.25) is 0 Å². The van der Waals surface area contributed by atoms with E-state index in [2.05, 4.69) is 5.32 Å². The van der Waals surface area contributed by atoms with Gasteiger partial charge in [0.05, 0.1) is 17.4 Å². The lowest BCUT2D eigenvalue weighted by molar-refractivity contribution is -0.136. The summed E-state index contributed by atoms with van der Waals surface area (Å²) in [7, 11) is 3.35. The maximum atomic E-state index is 13.4. The van der Waals surface area contributed by atoms with Gasteiger partial charge in [0.2, 0.25) is 0 Å². The van der Waals surface area contributed by atoms with Gasteiger partial charge in [0.1, 0.15) is 0 Å². The van der Waals surface area contributed by atoms with E-state index < -0.39 is 17.8 Å². The molecule has 3 rings (SSSR count). The van der Waals surface area contributed by atoms with Crippen LogP contribution >= 0.6 is 0 Å². The molecular weight excluding hydrogens is 359 g/mol. The van der Waals surface area contributed by atoms with Crippen LogP contribution in [0.5, 0.6) is 0 Å². The van der Waals surface area contributed by atoms with E-state index in [0.717, 1.165) is 38.4 Å². The number of nitrogens with zero attached hydrogens (tertiary/aromatic N) is 2. The molecule has 0 saturated carbocycles. The molecule has 27 heavy (non-hydrogen) atoms. The molecule has 0 radical (unpaired) electrons. The van der Waals surface area contributed by atoms with Crippen LogP contribution in [0, 0.1) is 5.92 Å². The van der Waals surface area contributed by atoms with E-state index in [1.165, 1.54) is 6.07 Å². The van der Waals surface area contributed by atoms with Crippen molar-refractivity contribution in [3.8, 4) is 0 Å². The minimum Gasteiger partial charge on any atom is -0.378 e. The van der Waals surface area contributed by atoms with Gasteiger partial charge in [-0.2, -0.15) is 13.2 Å². The van der Waals surface area contributed by atoms with Gasteiger partial charge in [-0.3, -0.25) is 0 Å². The molecule has 1 aromatic rings. The summed E-state index contributed by atoms with van der Waals surface area (Å²) in [4.78, 5) is 15.7. The number of urea groups is 1. The fourth-order valence-corrected chi connectivity index (χ4v) is 3.80. The number of likely N-dealkylation sites (tertiary alicyclic amines) is 1. The van der Waals surface area contributed by atoms with E-state index in [-0.39, 0.29) is 11.8 Å². The first-order valence-electron chi connectivity index (χ1n) is 9.32. The van der Waals surface area contributed by atoms with Crippen molar-refractivity contribution in [1.29, 1.82) is 0 Å². The van der Waals surface area contributed by atoms with Gasteiger partial charge in [-0.1, -0.05) is 0 Å². The van der Waals surface area contributed by atoms with E-state index in [9.17, 15) is 18.0 Å². The summed E-state index contributed by atoms with van der Waals surface area (Å²) < 4.78 is 46.0. The Morgan fingerprint density at radius 3 is 2.48 bits per heavy atom. The number of carbonyl (C=O) groups is 1. The normalized spacial score (nSPS) is 21.4. The smallest absolute Gasteiger partial charge is 0.378 e. The number of hydrogen-bond acceptors (Lipinski definition) is 3. The zero-order valence-corrected chi connectivity index (χ0v) is 15.7. The third kappa shape index (κ3) is 4.66. The van der Waals surface area contributed by atoms with E-state index in [1.807, 2.05) is 0 Å². The van der Waals surface area contributed by atoms with Crippen molar-refractivity contribution in [2.45, 2.75) is 38.0 Å². The molecular formula is C19H26F3N3O2. The Labute approximate surface area is 157 Å². The van der Waals surface area contributed by atoms with E-state index in [0.29, 0.717) is 24.7 Å². The Morgan fingerprint density at radius 1 is 1.22 bits per heavy atom. The lowest BCUT2D eigenvalue weighted by Crippen LogP contribution is -2.43. The largest absolute Gasteiger partial charge is 0.418 e. The van der Waals surface area contributed by atoms with Gasteiger partial charge < -0.3 is 19.9 Å². The monoisotopic (exact) mass is 385 g/mol. The zero-order chi connectivity index (χ0) is 19.6. The van der Waals surface area contributed by atoms with Gasteiger partial charge in [0.25, 0.3) is 0 Å². The quantitative estimate of drug-likeness (QED) is 0.848. The standard InChI is InChI=1S/C19H26F3N3O2/c1-24(2)14-5-6-16(15(12-14)19(20,21)22)23-18(26)25-9-7-13(8-10-25)17-4-3-11-27-17/h5-6,12-13,17H,3-4,7-11H2,1-2H3,(H,23,26). The summed E-state index contributed by atoms with van der Waals surface area (Å²) in [6.45, 7) is 1.87. The summed E-state index contributed by atoms with van der Waals surface area (Å²) in [6.07, 6.45) is -0.487. The third-order valence-corrected chi connectivity index (χ3v) is 5.38. The number of alkyl halides is 3. The molecule has 2 amide bonds. The van der Waals surface area contributed by atoms with Crippen molar-refractivity contribution in [1.82, 2.24) is 4.90 Å². The number of piperidine rings is 1. The second-order valence-electron chi connectivity index (χ2n) is 7.43. The van der Waals surface area contributed by atoms with Crippen molar-refractivity contribution in [3.63, 3.8) is 0 Å². The second-order valence-corrected chi connectivity index (χ2v) is 7.43. The van der Waals surface area contributed by atoms with Gasteiger partial charge in [-0.25, -0.2) is 4.79 Å². The molecule has 5 nitrogen and oxygen atoms in total. The lowest BCUT2D eigenvalue weighted by atomic mass is 9.90. The van der Waals surface area contributed by atoms with E-state index in [4.69, 9.17) is 4.74 Å². The van der Waals surface area contributed by atoms with Crippen LogP contribution < -0.4 is 10.2 Å². The number of benzene rings is 1. The molecule has 2 aliphatic heterocycles. The molecule has 2 fully saturated rings. The minimum absolute atomic E-state index is 0.209. The lowest BCUT2D eigenvalue weighted by Gasteiger charge is -2.34. The molecule has 1 N–H and O–H groups in total. The molecule has 0 spiro atoms. The number of ether oxygens (including phenoxy) is 1. The first-order chi connectivity index (χ1) is 12.8. The molecule has 2 saturated heterocycles. The van der Waals surface area contributed by atoms with Crippen LogP contribution in [-0.4, -0.2) is 50.8 Å². The van der Waals surface area contributed by atoms with Crippen LogP contribution in [0.15, 0.2) is 18.2 Å². The van der Waals surface area contributed by atoms with Crippen molar-refractivity contribution in [3.05, 3.63) is 23.8 Å². The maximum Gasteiger partial charge on any atom is 0.418 e. The summed E-state index contributed by atoms with van der Waals surface area (Å²) in [5.74, 6) is 0.432. The Morgan fingerprint density at radius 2 is 1.93 bits per heavy atom. The first-order valence-corrected chi connectivity index (χ1v) is 9.32. The topological polar surface area (TPSA) is 44.8 Å². The number of carbonyl (C=O) groups excluding carboxylic acids is 1. The molecule has 150 valence electrons. The highest BCUT2D eigenvalue weighted by atomic mass is 19.4. The Bertz CT molecular complexity index is 665. The van der Waals surface area contributed by atoms with Crippen LogP contribution in [-0.2, 0) is 10.9 Å². The van der Waals surface area contributed by atoms with Crippen LogP contribution in [0.1, 0.15) is 31.2 Å². The average Bonchev–Trinajstić information content (AvgIpc) is 3.15. The molecule has 1 atom stereocenters. The predicted octanol–water partition coefficient (Wildman–Crippen LogP) is 4.19. The molecule has 0 aromatic heterocycles. The van der Waals surface area contributed by atoms with E-state index >= 15 is 0 Å². The van der Waals surface area contributed by atoms with Crippen molar-refractivity contribution in [2.24, 2.45) is 5.92 Å². The van der Waals surface area contributed by atoms with Gasteiger partial charge in [-0.15, -0.1) is 0 Å². The summed E-state index contributed by atoms with van der Waals surface area (Å²) in [6, 6.07) is 3.45. The van der Waals surface area contributed by atoms with Crippen LogP contribution in [0.3, 0.4) is 0 Å². The molecule has 0 bridgehead atoms. The zero-order valence-electron chi connectivity index (χ0n) is 15.7. The third-order valence-electron chi connectivity index (χ3n) is 5.38. The Hall–Kier alpha value is -1.96. The fourth-order valence-electron chi connectivity index (χ4n) is 3.80. The molecule has 1 unspecified atom stereocenters. The molecule has 1 aromatic carbocycles. The average molecular weight is 385 g/mol. The number of rotatable bonds is 3.